The van der Waals surface area contributed by atoms with Crippen LogP contribution in [-0.4, -0.2) is 29.3 Å². The number of aryl methyl sites for hydroxylation is 1. The predicted octanol–water partition coefficient (Wildman–Crippen LogP) is 3.90. The van der Waals surface area contributed by atoms with E-state index in [-0.39, 0.29) is 20.5 Å². The lowest BCUT2D eigenvalue weighted by molar-refractivity contribution is 0.594. The number of nitrogens with zero attached hydrogens (tertiary/aromatic N) is 3. The molecule has 2 heterocycles. The van der Waals surface area contributed by atoms with Gasteiger partial charge in [0.05, 0.1) is 9.92 Å². The van der Waals surface area contributed by atoms with Crippen LogP contribution in [0, 0.1) is 6.92 Å². The maximum Gasteiger partial charge on any atom is 0.214 e. The van der Waals surface area contributed by atoms with Crippen LogP contribution in [0.25, 0.3) is 5.65 Å². The number of hydrogen-bond acceptors (Lipinski definition) is 5. The minimum Gasteiger partial charge on any atom is -0.233 e. The third-order valence-electron chi connectivity index (χ3n) is 3.20. The van der Waals surface area contributed by atoms with Gasteiger partial charge in [-0.15, -0.1) is 11.8 Å². The molecule has 0 saturated carbocycles. The Labute approximate surface area is 147 Å². The molecule has 2 aromatic heterocycles. The zero-order valence-electron chi connectivity index (χ0n) is 12.1. The Morgan fingerprint density at radius 2 is 1.96 bits per heavy atom. The Bertz CT molecular complexity index is 1020. The summed E-state index contributed by atoms with van der Waals surface area (Å²) in [7, 11) is -3.89. The van der Waals surface area contributed by atoms with Gasteiger partial charge in [0.15, 0.2) is 10.5 Å². The highest BCUT2D eigenvalue weighted by Gasteiger charge is 2.30. The van der Waals surface area contributed by atoms with Gasteiger partial charge in [-0.3, -0.25) is 0 Å². The second-order valence-corrected chi connectivity index (χ2v) is 8.25. The normalized spacial score (nSPS) is 12.0. The molecular weight excluding hydrogens is 377 g/mol. The van der Waals surface area contributed by atoms with Crippen molar-refractivity contribution in [2.75, 3.05) is 6.26 Å². The molecule has 0 radical (unpaired) electrons. The number of aromatic nitrogens is 3. The van der Waals surface area contributed by atoms with Crippen LogP contribution in [0.1, 0.15) is 5.69 Å². The SMILES string of the molecule is CSc1nn2ccc(C)nc2c1S(=O)(=O)c1ccc(Cl)cc1Cl. The number of fused-ring (bicyclic) bond motifs is 1. The molecule has 0 amide bonds. The van der Waals surface area contributed by atoms with Gasteiger partial charge in [0.25, 0.3) is 0 Å². The Morgan fingerprint density at radius 1 is 1.22 bits per heavy atom. The van der Waals surface area contributed by atoms with Crippen molar-refractivity contribution in [1.82, 2.24) is 14.6 Å². The zero-order valence-corrected chi connectivity index (χ0v) is 15.3. The summed E-state index contributed by atoms with van der Waals surface area (Å²) < 4.78 is 27.6. The van der Waals surface area contributed by atoms with Crippen LogP contribution >= 0.6 is 35.0 Å². The molecule has 0 bridgehead atoms. The van der Waals surface area contributed by atoms with Crippen molar-refractivity contribution >= 4 is 50.4 Å². The van der Waals surface area contributed by atoms with Crippen molar-refractivity contribution < 1.29 is 8.42 Å². The molecule has 0 atom stereocenters. The van der Waals surface area contributed by atoms with Crippen molar-refractivity contribution in [2.45, 2.75) is 21.7 Å². The highest BCUT2D eigenvalue weighted by atomic mass is 35.5. The summed E-state index contributed by atoms with van der Waals surface area (Å²) in [5, 5.41) is 5.08. The number of halogens is 2. The van der Waals surface area contributed by atoms with E-state index in [0.29, 0.717) is 15.7 Å². The molecule has 3 rings (SSSR count). The van der Waals surface area contributed by atoms with Gasteiger partial charge < -0.3 is 0 Å². The fourth-order valence-electron chi connectivity index (χ4n) is 2.15. The van der Waals surface area contributed by atoms with E-state index >= 15 is 0 Å². The molecule has 0 aliphatic carbocycles. The molecule has 120 valence electrons. The topological polar surface area (TPSA) is 64.3 Å². The first kappa shape index (κ1) is 16.6. The van der Waals surface area contributed by atoms with Gasteiger partial charge in [-0.2, -0.15) is 5.10 Å². The minimum atomic E-state index is -3.89. The van der Waals surface area contributed by atoms with Gasteiger partial charge in [0.2, 0.25) is 9.84 Å². The predicted molar refractivity (Wildman–Crippen MR) is 91.4 cm³/mol. The lowest BCUT2D eigenvalue weighted by Crippen LogP contribution is -2.05. The third-order valence-corrected chi connectivity index (χ3v) is 6.51. The smallest absolute Gasteiger partial charge is 0.214 e. The summed E-state index contributed by atoms with van der Waals surface area (Å²) >= 11 is 13.2. The maximum atomic E-state index is 13.1. The first-order chi connectivity index (χ1) is 10.8. The van der Waals surface area contributed by atoms with Crippen molar-refractivity contribution in [3.8, 4) is 0 Å². The average molecular weight is 388 g/mol. The summed E-state index contributed by atoms with van der Waals surface area (Å²) in [6.07, 6.45) is 3.44. The van der Waals surface area contributed by atoms with Gasteiger partial charge in [-0.05, 0) is 37.4 Å². The fraction of sp³-hybridized carbons (Fsp3) is 0.143. The third kappa shape index (κ3) is 2.82. The molecular formula is C14H11Cl2N3O2S2. The van der Waals surface area contributed by atoms with E-state index in [2.05, 4.69) is 10.1 Å². The van der Waals surface area contributed by atoms with Gasteiger partial charge in [0.1, 0.15) is 5.03 Å². The Hall–Kier alpha value is -1.28. The Kier molecular flexibility index (Phi) is 4.31. The molecule has 0 N–H and O–H groups in total. The summed E-state index contributed by atoms with van der Waals surface area (Å²) in [4.78, 5) is 4.36. The molecule has 0 aliphatic rings. The summed E-state index contributed by atoms with van der Waals surface area (Å²) in [5.74, 6) is 0. The van der Waals surface area contributed by atoms with Crippen LogP contribution in [-0.2, 0) is 9.84 Å². The summed E-state index contributed by atoms with van der Waals surface area (Å²) in [5.41, 5.74) is 0.976. The second kappa shape index (κ2) is 5.98. The van der Waals surface area contributed by atoms with E-state index in [1.807, 2.05) is 0 Å². The second-order valence-electron chi connectivity index (χ2n) is 4.75. The highest BCUT2D eigenvalue weighted by Crippen LogP contribution is 2.35. The highest BCUT2D eigenvalue weighted by molar-refractivity contribution is 7.99. The molecule has 5 nitrogen and oxygen atoms in total. The number of sulfone groups is 1. The van der Waals surface area contributed by atoms with E-state index < -0.39 is 9.84 Å². The van der Waals surface area contributed by atoms with Gasteiger partial charge in [-0.1, -0.05) is 23.2 Å². The van der Waals surface area contributed by atoms with Crippen molar-refractivity contribution in [1.29, 1.82) is 0 Å². The Morgan fingerprint density at radius 3 is 2.61 bits per heavy atom. The first-order valence-corrected chi connectivity index (χ1v) is 9.91. The quantitative estimate of drug-likeness (QED) is 0.637. The minimum absolute atomic E-state index is 0.0166. The van der Waals surface area contributed by atoms with Crippen LogP contribution in [0.2, 0.25) is 10.0 Å². The lowest BCUT2D eigenvalue weighted by atomic mass is 10.4. The van der Waals surface area contributed by atoms with Crippen molar-refractivity contribution in [3.63, 3.8) is 0 Å². The zero-order chi connectivity index (χ0) is 16.8. The number of thioether (sulfide) groups is 1. The molecule has 1 aromatic carbocycles. The van der Waals surface area contributed by atoms with E-state index in [1.165, 1.54) is 34.5 Å². The van der Waals surface area contributed by atoms with Crippen LogP contribution < -0.4 is 0 Å². The van der Waals surface area contributed by atoms with Crippen LogP contribution in [0.5, 0.6) is 0 Å². The van der Waals surface area contributed by atoms with Crippen molar-refractivity contribution in [3.05, 3.63) is 46.2 Å². The molecule has 3 aromatic rings. The van der Waals surface area contributed by atoms with E-state index in [4.69, 9.17) is 23.2 Å². The largest absolute Gasteiger partial charge is 0.233 e. The molecule has 23 heavy (non-hydrogen) atoms. The van der Waals surface area contributed by atoms with E-state index in [1.54, 1.807) is 25.4 Å². The number of benzene rings is 1. The van der Waals surface area contributed by atoms with Crippen molar-refractivity contribution in [2.24, 2.45) is 0 Å². The number of hydrogen-bond donors (Lipinski definition) is 0. The molecule has 9 heteroatoms. The standard InChI is InChI=1S/C14H11Cl2N3O2S2/c1-8-5-6-19-13(17-8)12(14(18-19)22-2)23(20,21)11-4-3-9(15)7-10(11)16/h3-7H,1-2H3. The molecule has 0 fully saturated rings. The average Bonchev–Trinajstić information content (AvgIpc) is 2.85. The monoisotopic (exact) mass is 387 g/mol. The molecule has 0 aliphatic heterocycles. The van der Waals surface area contributed by atoms with E-state index in [9.17, 15) is 8.42 Å². The maximum absolute atomic E-state index is 13.1. The van der Waals surface area contributed by atoms with Gasteiger partial charge in [-0.25, -0.2) is 17.9 Å². The van der Waals surface area contributed by atoms with Crippen LogP contribution in [0.3, 0.4) is 0 Å². The fourth-order valence-corrected chi connectivity index (χ4v) is 5.32. The first-order valence-electron chi connectivity index (χ1n) is 6.44. The van der Waals surface area contributed by atoms with Crippen LogP contribution in [0.15, 0.2) is 45.3 Å². The lowest BCUT2D eigenvalue weighted by Gasteiger charge is -2.07. The molecule has 0 unspecified atom stereocenters. The van der Waals surface area contributed by atoms with E-state index in [0.717, 1.165) is 0 Å². The molecule has 0 saturated heterocycles. The van der Waals surface area contributed by atoms with Crippen LogP contribution in [0.4, 0.5) is 0 Å². The van der Waals surface area contributed by atoms with Gasteiger partial charge in [0, 0.05) is 16.9 Å². The van der Waals surface area contributed by atoms with Gasteiger partial charge >= 0.3 is 0 Å². The molecule has 0 spiro atoms. The Balaban J connectivity index is 2.36. The summed E-state index contributed by atoms with van der Waals surface area (Å²) in [6, 6.07) is 6.04. The summed E-state index contributed by atoms with van der Waals surface area (Å²) in [6.45, 7) is 1.79. The number of rotatable bonds is 3.